The number of hydrogen-bond donors (Lipinski definition) is 1. The van der Waals surface area contributed by atoms with Crippen LogP contribution in [-0.4, -0.2) is 58.7 Å². The lowest BCUT2D eigenvalue weighted by Crippen LogP contribution is -2.53. The molecule has 0 amide bonds. The molecule has 1 aliphatic rings. The van der Waals surface area contributed by atoms with Gasteiger partial charge in [-0.1, -0.05) is 0 Å². The van der Waals surface area contributed by atoms with Crippen LogP contribution in [0.1, 0.15) is 26.3 Å². The monoisotopic (exact) mass is 522 g/mol. The molecule has 1 aliphatic heterocycles. The normalized spacial score (nSPS) is 16.2. The van der Waals surface area contributed by atoms with E-state index in [4.69, 9.17) is 0 Å². The number of nitrogens with zero attached hydrogens (tertiary/aromatic N) is 7. The first kappa shape index (κ1) is 26.3. The lowest BCUT2D eigenvalue weighted by Gasteiger charge is -2.41. The van der Waals surface area contributed by atoms with Gasteiger partial charge in [0.1, 0.15) is 5.82 Å². The maximum atomic E-state index is 13.7. The van der Waals surface area contributed by atoms with Gasteiger partial charge in [-0.2, -0.15) is 28.1 Å². The van der Waals surface area contributed by atoms with E-state index < -0.39 is 23.4 Å². The molecule has 0 spiro atoms. The van der Waals surface area contributed by atoms with Gasteiger partial charge >= 0.3 is 6.18 Å². The number of piperazine rings is 1. The number of rotatable bonds is 7. The van der Waals surface area contributed by atoms with E-state index in [2.05, 4.69) is 25.3 Å². The van der Waals surface area contributed by atoms with E-state index in [0.717, 1.165) is 18.2 Å². The van der Waals surface area contributed by atoms with Crippen LogP contribution in [-0.2, 0) is 6.18 Å². The van der Waals surface area contributed by atoms with Crippen molar-refractivity contribution in [3.63, 3.8) is 0 Å². The van der Waals surface area contributed by atoms with E-state index in [1.807, 2.05) is 30.6 Å². The van der Waals surface area contributed by atoms with Crippen LogP contribution in [0.25, 0.3) is 0 Å². The summed E-state index contributed by atoms with van der Waals surface area (Å²) in [5.74, 6) is -1.25. The lowest BCUT2D eigenvalue weighted by molar-refractivity contribution is -0.137. The number of aromatic nitrogens is 4. The van der Waals surface area contributed by atoms with Gasteiger partial charge in [0.2, 0.25) is 17.8 Å². The topological polar surface area (TPSA) is 73.3 Å². The summed E-state index contributed by atoms with van der Waals surface area (Å²) >= 11 is 0. The Morgan fingerprint density at radius 1 is 1.03 bits per heavy atom. The highest BCUT2D eigenvalue weighted by atomic mass is 19.4. The Bertz CT molecular complexity index is 1230. The second-order valence-electron chi connectivity index (χ2n) is 8.55. The smallest absolute Gasteiger partial charge is 0.352 e. The molecule has 4 rings (SSSR count). The Hall–Kier alpha value is -3.77. The standard InChI is InChI=1S/C24H27F5N8/c1-4-35(5-2)22-32-21(31-16-8-9-18(25)19(26)13-16)33-23(34-22)37-12-11-36(14-15(37)3)20-17(24(27,28)29)7-6-10-30-20/h6-10,13,15H,4-5,11-12,14H2,1-3H3,(H,31,32,33,34)/t15-/m1/s1. The summed E-state index contributed by atoms with van der Waals surface area (Å²) in [5, 5.41) is 2.90. The van der Waals surface area contributed by atoms with Crippen molar-refractivity contribution in [3.8, 4) is 0 Å². The number of hydrogen-bond acceptors (Lipinski definition) is 8. The van der Waals surface area contributed by atoms with E-state index in [9.17, 15) is 22.0 Å². The number of benzene rings is 1. The molecule has 1 saturated heterocycles. The third-order valence-electron chi connectivity index (χ3n) is 6.11. The highest BCUT2D eigenvalue weighted by Crippen LogP contribution is 2.36. The highest BCUT2D eigenvalue weighted by molar-refractivity contribution is 5.57. The maximum absolute atomic E-state index is 13.7. The molecule has 3 heterocycles. The molecule has 198 valence electrons. The van der Waals surface area contributed by atoms with E-state index in [1.54, 1.807) is 4.90 Å². The lowest BCUT2D eigenvalue weighted by atomic mass is 10.1. The predicted molar refractivity (Wildman–Crippen MR) is 131 cm³/mol. The molecule has 1 atom stereocenters. The Kier molecular flexibility index (Phi) is 7.60. The molecule has 1 aromatic carbocycles. The predicted octanol–water partition coefficient (Wildman–Crippen LogP) is 4.87. The van der Waals surface area contributed by atoms with Gasteiger partial charge in [-0.3, -0.25) is 0 Å². The largest absolute Gasteiger partial charge is 0.419 e. The van der Waals surface area contributed by atoms with Gasteiger partial charge in [0, 0.05) is 56.7 Å². The Morgan fingerprint density at radius 3 is 2.43 bits per heavy atom. The molecular formula is C24H27F5N8. The molecule has 1 N–H and O–H groups in total. The molecule has 0 aliphatic carbocycles. The summed E-state index contributed by atoms with van der Waals surface area (Å²) in [4.78, 5) is 23.0. The van der Waals surface area contributed by atoms with E-state index >= 15 is 0 Å². The van der Waals surface area contributed by atoms with Crippen LogP contribution in [0.5, 0.6) is 0 Å². The van der Waals surface area contributed by atoms with Crippen LogP contribution in [0.15, 0.2) is 36.5 Å². The number of halogens is 5. The number of alkyl halides is 3. The number of nitrogens with one attached hydrogen (secondary N) is 1. The van der Waals surface area contributed by atoms with Gasteiger partial charge in [-0.05, 0) is 45.0 Å². The van der Waals surface area contributed by atoms with Gasteiger partial charge in [-0.25, -0.2) is 13.8 Å². The van der Waals surface area contributed by atoms with Crippen molar-refractivity contribution < 1.29 is 22.0 Å². The molecular weight excluding hydrogens is 495 g/mol. The van der Waals surface area contributed by atoms with Crippen LogP contribution in [0.4, 0.5) is 51.3 Å². The molecule has 0 radical (unpaired) electrons. The van der Waals surface area contributed by atoms with Crippen LogP contribution in [0.3, 0.4) is 0 Å². The average molecular weight is 523 g/mol. The van der Waals surface area contributed by atoms with Gasteiger partial charge in [-0.15, -0.1) is 0 Å². The van der Waals surface area contributed by atoms with Crippen molar-refractivity contribution in [2.24, 2.45) is 0 Å². The average Bonchev–Trinajstić information content (AvgIpc) is 2.86. The van der Waals surface area contributed by atoms with Gasteiger partial charge < -0.3 is 20.0 Å². The Labute approximate surface area is 211 Å². The second kappa shape index (κ2) is 10.7. The minimum atomic E-state index is -4.52. The van der Waals surface area contributed by atoms with Crippen molar-refractivity contribution in [2.45, 2.75) is 33.0 Å². The minimum Gasteiger partial charge on any atom is -0.352 e. The Morgan fingerprint density at radius 2 is 1.78 bits per heavy atom. The highest BCUT2D eigenvalue weighted by Gasteiger charge is 2.37. The van der Waals surface area contributed by atoms with Crippen molar-refractivity contribution in [2.75, 3.05) is 52.7 Å². The third kappa shape index (κ3) is 5.81. The summed E-state index contributed by atoms with van der Waals surface area (Å²) in [6.07, 6.45) is -3.17. The van der Waals surface area contributed by atoms with Gasteiger partial charge in [0.15, 0.2) is 11.6 Å². The second-order valence-corrected chi connectivity index (χ2v) is 8.55. The van der Waals surface area contributed by atoms with Crippen LogP contribution >= 0.6 is 0 Å². The molecule has 1 fully saturated rings. The van der Waals surface area contributed by atoms with Gasteiger partial charge in [0.25, 0.3) is 0 Å². The van der Waals surface area contributed by atoms with E-state index in [0.29, 0.717) is 31.5 Å². The zero-order chi connectivity index (χ0) is 26.7. The van der Waals surface area contributed by atoms with Crippen LogP contribution in [0, 0.1) is 11.6 Å². The first-order chi connectivity index (χ1) is 17.6. The molecule has 0 bridgehead atoms. The summed E-state index contributed by atoms with van der Waals surface area (Å²) in [7, 11) is 0. The zero-order valence-electron chi connectivity index (χ0n) is 20.6. The summed E-state index contributed by atoms with van der Waals surface area (Å²) in [6.45, 7) is 7.86. The quantitative estimate of drug-likeness (QED) is 0.441. The first-order valence-corrected chi connectivity index (χ1v) is 11.9. The molecule has 37 heavy (non-hydrogen) atoms. The van der Waals surface area contributed by atoms with Crippen LogP contribution in [0.2, 0.25) is 0 Å². The number of pyridine rings is 1. The number of anilines is 5. The van der Waals surface area contributed by atoms with E-state index in [1.165, 1.54) is 18.3 Å². The van der Waals surface area contributed by atoms with Crippen molar-refractivity contribution in [3.05, 3.63) is 53.7 Å². The third-order valence-corrected chi connectivity index (χ3v) is 6.11. The van der Waals surface area contributed by atoms with Crippen molar-refractivity contribution >= 4 is 29.4 Å². The van der Waals surface area contributed by atoms with Crippen LogP contribution < -0.4 is 20.0 Å². The Balaban J connectivity index is 1.63. The molecule has 8 nitrogen and oxygen atoms in total. The van der Waals surface area contributed by atoms with Gasteiger partial charge in [0.05, 0.1) is 5.56 Å². The summed E-state index contributed by atoms with van der Waals surface area (Å²) in [5.41, 5.74) is -0.521. The molecule has 0 saturated carbocycles. The molecule has 2 aromatic heterocycles. The van der Waals surface area contributed by atoms with Crippen molar-refractivity contribution in [1.29, 1.82) is 0 Å². The molecule has 0 unspecified atom stereocenters. The maximum Gasteiger partial charge on any atom is 0.419 e. The first-order valence-electron chi connectivity index (χ1n) is 11.9. The zero-order valence-corrected chi connectivity index (χ0v) is 20.6. The SMILES string of the molecule is CCN(CC)c1nc(Nc2ccc(F)c(F)c2)nc(N2CCN(c3ncccc3C(F)(F)F)C[C@H]2C)n1. The summed E-state index contributed by atoms with van der Waals surface area (Å²) < 4.78 is 67.7. The van der Waals surface area contributed by atoms with Crippen molar-refractivity contribution in [1.82, 2.24) is 19.9 Å². The minimum absolute atomic E-state index is 0.110. The summed E-state index contributed by atoms with van der Waals surface area (Å²) in [6, 6.07) is 5.40. The fourth-order valence-electron chi connectivity index (χ4n) is 4.21. The fraction of sp³-hybridized carbons (Fsp3) is 0.417. The fourth-order valence-corrected chi connectivity index (χ4v) is 4.21. The molecule has 13 heteroatoms. The van der Waals surface area contributed by atoms with E-state index in [-0.39, 0.29) is 36.6 Å². The molecule has 3 aromatic rings.